The fourth-order valence-electron chi connectivity index (χ4n) is 2.42. The highest BCUT2D eigenvalue weighted by molar-refractivity contribution is 4.71. The maximum absolute atomic E-state index is 5.63. The topological polar surface area (TPSA) is 29.3 Å². The molecule has 0 aromatic rings. The standard InChI is InChI=1S/C14H32N2/c1-6-13(7-2)16(5)12-8-9-14(3,4)10-11-15/h13H,6-12,15H2,1-5H3. The van der Waals surface area contributed by atoms with E-state index in [1.807, 2.05) is 0 Å². The van der Waals surface area contributed by atoms with Crippen molar-refractivity contribution in [2.45, 2.75) is 65.8 Å². The third kappa shape index (κ3) is 6.49. The number of nitrogens with two attached hydrogens (primary N) is 1. The molecule has 0 amide bonds. The highest BCUT2D eigenvalue weighted by atomic mass is 15.1. The molecule has 0 bridgehead atoms. The van der Waals surface area contributed by atoms with Crippen LogP contribution in [0.2, 0.25) is 0 Å². The second-order valence-electron chi connectivity index (χ2n) is 5.76. The van der Waals surface area contributed by atoms with Crippen molar-refractivity contribution in [1.82, 2.24) is 4.90 Å². The third-order valence-corrected chi connectivity index (χ3v) is 3.75. The van der Waals surface area contributed by atoms with Crippen molar-refractivity contribution in [3.63, 3.8) is 0 Å². The van der Waals surface area contributed by atoms with Crippen LogP contribution in [-0.2, 0) is 0 Å². The summed E-state index contributed by atoms with van der Waals surface area (Å²) in [5, 5.41) is 0. The average Bonchev–Trinajstić information content (AvgIpc) is 2.19. The van der Waals surface area contributed by atoms with Gasteiger partial charge in [-0.1, -0.05) is 27.7 Å². The van der Waals surface area contributed by atoms with E-state index in [1.165, 1.54) is 32.2 Å². The summed E-state index contributed by atoms with van der Waals surface area (Å²) < 4.78 is 0. The Bertz CT molecular complexity index is 162. The van der Waals surface area contributed by atoms with Gasteiger partial charge in [0.1, 0.15) is 0 Å². The Balaban J connectivity index is 3.80. The molecule has 0 saturated carbocycles. The number of hydrogen-bond acceptors (Lipinski definition) is 2. The highest BCUT2D eigenvalue weighted by Gasteiger charge is 2.17. The Labute approximate surface area is 103 Å². The SMILES string of the molecule is CCC(CC)N(C)CCCC(C)(C)CCN. The summed E-state index contributed by atoms with van der Waals surface area (Å²) in [5.41, 5.74) is 6.05. The summed E-state index contributed by atoms with van der Waals surface area (Å²) in [5.74, 6) is 0. The van der Waals surface area contributed by atoms with Gasteiger partial charge in [-0.15, -0.1) is 0 Å². The molecule has 0 aliphatic rings. The molecule has 2 N–H and O–H groups in total. The molecule has 0 radical (unpaired) electrons. The zero-order chi connectivity index (χ0) is 12.6. The molecular formula is C14H32N2. The van der Waals surface area contributed by atoms with Crippen molar-refractivity contribution < 1.29 is 0 Å². The molecule has 2 heteroatoms. The molecule has 0 unspecified atom stereocenters. The average molecular weight is 228 g/mol. The van der Waals surface area contributed by atoms with Gasteiger partial charge in [0.2, 0.25) is 0 Å². The van der Waals surface area contributed by atoms with E-state index < -0.39 is 0 Å². The highest BCUT2D eigenvalue weighted by Crippen LogP contribution is 2.26. The summed E-state index contributed by atoms with van der Waals surface area (Å²) in [7, 11) is 2.26. The zero-order valence-corrected chi connectivity index (χ0v) is 12.1. The van der Waals surface area contributed by atoms with Gasteiger partial charge < -0.3 is 10.6 Å². The number of nitrogens with zero attached hydrogens (tertiary/aromatic N) is 1. The van der Waals surface area contributed by atoms with Gasteiger partial charge in [-0.2, -0.15) is 0 Å². The van der Waals surface area contributed by atoms with Crippen LogP contribution in [0.5, 0.6) is 0 Å². The molecule has 0 atom stereocenters. The van der Waals surface area contributed by atoms with Crippen LogP contribution in [0.3, 0.4) is 0 Å². The van der Waals surface area contributed by atoms with Gasteiger partial charge in [0.25, 0.3) is 0 Å². The van der Waals surface area contributed by atoms with E-state index in [1.54, 1.807) is 0 Å². The molecule has 0 fully saturated rings. The Kier molecular flexibility index (Phi) is 8.04. The largest absolute Gasteiger partial charge is 0.330 e. The first-order valence-electron chi connectivity index (χ1n) is 6.87. The second-order valence-corrected chi connectivity index (χ2v) is 5.76. The van der Waals surface area contributed by atoms with E-state index in [0.717, 1.165) is 19.0 Å². The lowest BCUT2D eigenvalue weighted by Crippen LogP contribution is -2.32. The first-order valence-corrected chi connectivity index (χ1v) is 6.87. The summed E-state index contributed by atoms with van der Waals surface area (Å²) in [6.07, 6.45) is 6.24. The first-order chi connectivity index (χ1) is 7.46. The van der Waals surface area contributed by atoms with Crippen LogP contribution < -0.4 is 5.73 Å². The summed E-state index contributed by atoms with van der Waals surface area (Å²) in [4.78, 5) is 2.51. The van der Waals surface area contributed by atoms with Crippen molar-refractivity contribution >= 4 is 0 Å². The minimum Gasteiger partial charge on any atom is -0.330 e. The van der Waals surface area contributed by atoms with Crippen LogP contribution in [0.25, 0.3) is 0 Å². The Morgan fingerprint density at radius 2 is 1.69 bits per heavy atom. The van der Waals surface area contributed by atoms with Crippen molar-refractivity contribution in [1.29, 1.82) is 0 Å². The molecule has 16 heavy (non-hydrogen) atoms. The van der Waals surface area contributed by atoms with Gasteiger partial charge in [0.15, 0.2) is 0 Å². The van der Waals surface area contributed by atoms with Gasteiger partial charge in [-0.25, -0.2) is 0 Å². The number of hydrogen-bond donors (Lipinski definition) is 1. The molecule has 0 spiro atoms. The minimum absolute atomic E-state index is 0.420. The minimum atomic E-state index is 0.420. The third-order valence-electron chi connectivity index (χ3n) is 3.75. The van der Waals surface area contributed by atoms with Crippen LogP contribution in [-0.4, -0.2) is 31.1 Å². The zero-order valence-electron chi connectivity index (χ0n) is 12.1. The lowest BCUT2D eigenvalue weighted by atomic mass is 9.84. The van der Waals surface area contributed by atoms with Gasteiger partial charge in [0.05, 0.1) is 0 Å². The summed E-state index contributed by atoms with van der Waals surface area (Å²) >= 11 is 0. The monoisotopic (exact) mass is 228 g/mol. The molecule has 0 heterocycles. The predicted octanol–water partition coefficient (Wildman–Crippen LogP) is 3.26. The van der Waals surface area contributed by atoms with Crippen LogP contribution in [0.1, 0.15) is 59.8 Å². The second kappa shape index (κ2) is 8.08. The Morgan fingerprint density at radius 3 is 2.12 bits per heavy atom. The van der Waals surface area contributed by atoms with Crippen LogP contribution in [0.4, 0.5) is 0 Å². The van der Waals surface area contributed by atoms with Crippen molar-refractivity contribution in [2.24, 2.45) is 11.1 Å². The summed E-state index contributed by atoms with van der Waals surface area (Å²) in [6.45, 7) is 11.3. The van der Waals surface area contributed by atoms with Gasteiger partial charge in [0, 0.05) is 6.04 Å². The fourth-order valence-corrected chi connectivity index (χ4v) is 2.42. The maximum atomic E-state index is 5.63. The van der Waals surface area contributed by atoms with Crippen molar-refractivity contribution in [2.75, 3.05) is 20.1 Å². The number of rotatable bonds is 9. The molecule has 0 aromatic heterocycles. The lowest BCUT2D eigenvalue weighted by molar-refractivity contribution is 0.206. The summed E-state index contributed by atoms with van der Waals surface area (Å²) in [6, 6.07) is 0.762. The molecular weight excluding hydrogens is 196 g/mol. The van der Waals surface area contributed by atoms with Crippen molar-refractivity contribution in [3.8, 4) is 0 Å². The van der Waals surface area contributed by atoms with E-state index in [4.69, 9.17) is 5.73 Å². The lowest BCUT2D eigenvalue weighted by Gasteiger charge is -2.29. The van der Waals surface area contributed by atoms with E-state index in [2.05, 4.69) is 39.6 Å². The normalized spacial score (nSPS) is 12.8. The fraction of sp³-hybridized carbons (Fsp3) is 1.00. The Morgan fingerprint density at radius 1 is 1.12 bits per heavy atom. The van der Waals surface area contributed by atoms with Crippen LogP contribution in [0.15, 0.2) is 0 Å². The van der Waals surface area contributed by atoms with Crippen LogP contribution >= 0.6 is 0 Å². The molecule has 98 valence electrons. The predicted molar refractivity (Wildman–Crippen MR) is 73.7 cm³/mol. The van der Waals surface area contributed by atoms with E-state index >= 15 is 0 Å². The molecule has 0 saturated heterocycles. The van der Waals surface area contributed by atoms with E-state index in [9.17, 15) is 0 Å². The van der Waals surface area contributed by atoms with Crippen molar-refractivity contribution in [3.05, 3.63) is 0 Å². The van der Waals surface area contributed by atoms with Gasteiger partial charge in [-0.05, 0) is 57.7 Å². The van der Waals surface area contributed by atoms with Crippen LogP contribution in [0, 0.1) is 5.41 Å². The van der Waals surface area contributed by atoms with Gasteiger partial charge >= 0.3 is 0 Å². The molecule has 2 nitrogen and oxygen atoms in total. The first kappa shape index (κ1) is 15.9. The van der Waals surface area contributed by atoms with Gasteiger partial charge in [-0.3, -0.25) is 0 Å². The molecule has 0 aliphatic carbocycles. The van der Waals surface area contributed by atoms with E-state index in [-0.39, 0.29) is 0 Å². The Hall–Kier alpha value is -0.0800. The van der Waals surface area contributed by atoms with E-state index in [0.29, 0.717) is 5.41 Å². The quantitative estimate of drug-likeness (QED) is 0.656. The molecule has 0 aliphatic heterocycles. The maximum Gasteiger partial charge on any atom is 0.00869 e. The molecule has 0 aromatic carbocycles. The molecule has 0 rings (SSSR count). The smallest absolute Gasteiger partial charge is 0.00869 e.